The van der Waals surface area contributed by atoms with E-state index in [1.54, 1.807) is 0 Å². The quantitative estimate of drug-likeness (QED) is 0.652. The highest BCUT2D eigenvalue weighted by molar-refractivity contribution is 6.30. The van der Waals surface area contributed by atoms with E-state index in [0.717, 1.165) is 36.9 Å². The summed E-state index contributed by atoms with van der Waals surface area (Å²) in [6.07, 6.45) is 5.89. The van der Waals surface area contributed by atoms with Crippen molar-refractivity contribution in [3.8, 4) is 11.1 Å². The molecule has 1 aliphatic heterocycles. The minimum absolute atomic E-state index is 0.610. The molecule has 25 heavy (non-hydrogen) atoms. The smallest absolute Gasteiger partial charge is 0.225 e. The number of benzene rings is 2. The average molecular weight is 350 g/mol. The lowest BCUT2D eigenvalue weighted by Crippen LogP contribution is -2.34. The molecule has 0 saturated carbocycles. The number of aromatic nitrogens is 2. The number of nitrogens with zero attached hydrogens (tertiary/aromatic N) is 3. The summed E-state index contributed by atoms with van der Waals surface area (Å²) in [6, 6.07) is 18.8. The Labute approximate surface area is 153 Å². The van der Waals surface area contributed by atoms with Crippen molar-refractivity contribution in [2.75, 3.05) is 18.0 Å². The van der Waals surface area contributed by atoms with Crippen LogP contribution in [0.1, 0.15) is 24.3 Å². The summed E-state index contributed by atoms with van der Waals surface area (Å²) in [5.41, 5.74) is 3.86. The molecule has 2 aromatic carbocycles. The zero-order valence-corrected chi connectivity index (χ0v) is 14.7. The third-order valence-electron chi connectivity index (χ3n) is 4.89. The average Bonchev–Trinajstić information content (AvgIpc) is 2.70. The third kappa shape index (κ3) is 3.67. The number of hydrogen-bond acceptors (Lipinski definition) is 3. The van der Waals surface area contributed by atoms with Gasteiger partial charge in [0.1, 0.15) is 0 Å². The molecule has 1 aliphatic rings. The molecule has 0 radical (unpaired) electrons. The Hall–Kier alpha value is -2.39. The van der Waals surface area contributed by atoms with Crippen LogP contribution in [0, 0.1) is 0 Å². The molecule has 1 saturated heterocycles. The van der Waals surface area contributed by atoms with E-state index in [2.05, 4.69) is 51.3 Å². The first kappa shape index (κ1) is 16.1. The molecular weight excluding hydrogens is 330 g/mol. The normalized spacial score (nSPS) is 15.3. The molecular formula is C21H20ClN3. The van der Waals surface area contributed by atoms with E-state index in [4.69, 9.17) is 11.6 Å². The molecule has 3 aromatic rings. The molecule has 2 heterocycles. The molecule has 126 valence electrons. The van der Waals surface area contributed by atoms with Crippen LogP contribution in [-0.2, 0) is 0 Å². The monoisotopic (exact) mass is 349 g/mol. The van der Waals surface area contributed by atoms with Crippen LogP contribution in [0.5, 0.6) is 0 Å². The van der Waals surface area contributed by atoms with E-state index in [1.165, 1.54) is 16.7 Å². The van der Waals surface area contributed by atoms with Crippen LogP contribution in [0.3, 0.4) is 0 Å². The fraction of sp³-hybridized carbons (Fsp3) is 0.238. The lowest BCUT2D eigenvalue weighted by atomic mass is 9.88. The van der Waals surface area contributed by atoms with Gasteiger partial charge in [0.15, 0.2) is 0 Å². The predicted molar refractivity (Wildman–Crippen MR) is 103 cm³/mol. The number of piperidine rings is 1. The Morgan fingerprint density at radius 2 is 1.36 bits per heavy atom. The van der Waals surface area contributed by atoms with E-state index in [-0.39, 0.29) is 0 Å². The molecule has 0 bridgehead atoms. The maximum Gasteiger partial charge on any atom is 0.225 e. The van der Waals surface area contributed by atoms with Gasteiger partial charge in [0.05, 0.1) is 0 Å². The van der Waals surface area contributed by atoms with Gasteiger partial charge in [0.2, 0.25) is 5.95 Å². The highest BCUT2D eigenvalue weighted by Gasteiger charge is 2.21. The van der Waals surface area contributed by atoms with Crippen LogP contribution in [-0.4, -0.2) is 23.1 Å². The topological polar surface area (TPSA) is 29.0 Å². The van der Waals surface area contributed by atoms with Crippen LogP contribution in [0.25, 0.3) is 11.1 Å². The minimum atomic E-state index is 0.610. The Kier molecular flexibility index (Phi) is 4.66. The van der Waals surface area contributed by atoms with Crippen molar-refractivity contribution in [1.29, 1.82) is 0 Å². The van der Waals surface area contributed by atoms with Crippen molar-refractivity contribution in [1.82, 2.24) is 9.97 Å². The van der Waals surface area contributed by atoms with Gasteiger partial charge in [-0.25, -0.2) is 9.97 Å². The van der Waals surface area contributed by atoms with Crippen LogP contribution < -0.4 is 4.90 Å². The molecule has 4 rings (SSSR count). The molecule has 0 spiro atoms. The van der Waals surface area contributed by atoms with Gasteiger partial charge in [-0.15, -0.1) is 0 Å². The second-order valence-electron chi connectivity index (χ2n) is 6.44. The fourth-order valence-electron chi connectivity index (χ4n) is 3.46. The molecule has 0 amide bonds. The Balaban J connectivity index is 1.42. The van der Waals surface area contributed by atoms with Gasteiger partial charge in [0, 0.05) is 30.5 Å². The first-order valence-electron chi connectivity index (χ1n) is 8.67. The molecule has 4 heteroatoms. The van der Waals surface area contributed by atoms with Crippen molar-refractivity contribution in [3.63, 3.8) is 0 Å². The van der Waals surface area contributed by atoms with Gasteiger partial charge < -0.3 is 4.90 Å². The predicted octanol–water partition coefficient (Wildman–Crippen LogP) is 5.18. The van der Waals surface area contributed by atoms with Crippen molar-refractivity contribution in [2.24, 2.45) is 0 Å². The summed E-state index contributed by atoms with van der Waals surface area (Å²) < 4.78 is 0. The second kappa shape index (κ2) is 7.24. The van der Waals surface area contributed by atoms with Crippen molar-refractivity contribution < 1.29 is 0 Å². The van der Waals surface area contributed by atoms with Gasteiger partial charge in [-0.3, -0.25) is 0 Å². The standard InChI is InChI=1S/C21H20ClN3/c22-20-8-6-18(7-9-20)16-2-4-17(5-3-16)19-10-14-25(15-11-19)21-23-12-1-13-24-21/h1-9,12-13,19H,10-11,14-15H2. The summed E-state index contributed by atoms with van der Waals surface area (Å²) in [5.74, 6) is 1.46. The van der Waals surface area contributed by atoms with Crippen molar-refractivity contribution >= 4 is 17.5 Å². The molecule has 0 N–H and O–H groups in total. The molecule has 0 aliphatic carbocycles. The van der Waals surface area contributed by atoms with Crippen LogP contribution in [0.4, 0.5) is 5.95 Å². The highest BCUT2D eigenvalue weighted by atomic mass is 35.5. The lowest BCUT2D eigenvalue weighted by molar-refractivity contribution is 0.499. The molecule has 1 fully saturated rings. The SMILES string of the molecule is Clc1ccc(-c2ccc(C3CCN(c4ncccn4)CC3)cc2)cc1. The van der Waals surface area contributed by atoms with E-state index in [0.29, 0.717) is 5.92 Å². The second-order valence-corrected chi connectivity index (χ2v) is 6.88. The zero-order valence-electron chi connectivity index (χ0n) is 14.0. The van der Waals surface area contributed by atoms with Gasteiger partial charge in [-0.1, -0.05) is 48.0 Å². The van der Waals surface area contributed by atoms with Crippen molar-refractivity contribution in [3.05, 3.63) is 77.6 Å². The van der Waals surface area contributed by atoms with E-state index in [9.17, 15) is 0 Å². The van der Waals surface area contributed by atoms with Gasteiger partial charge in [-0.05, 0) is 53.6 Å². The third-order valence-corrected chi connectivity index (χ3v) is 5.14. The van der Waals surface area contributed by atoms with Crippen molar-refractivity contribution in [2.45, 2.75) is 18.8 Å². The lowest BCUT2D eigenvalue weighted by Gasteiger charge is -2.32. The minimum Gasteiger partial charge on any atom is -0.341 e. The first-order chi connectivity index (χ1) is 12.3. The molecule has 0 atom stereocenters. The van der Waals surface area contributed by atoms with Gasteiger partial charge >= 0.3 is 0 Å². The Bertz CT molecular complexity index is 808. The van der Waals surface area contributed by atoms with Crippen LogP contribution in [0.2, 0.25) is 5.02 Å². The van der Waals surface area contributed by atoms with Crippen LogP contribution in [0.15, 0.2) is 67.0 Å². The fourth-order valence-corrected chi connectivity index (χ4v) is 3.58. The zero-order chi connectivity index (χ0) is 17.1. The molecule has 1 aromatic heterocycles. The molecule has 3 nitrogen and oxygen atoms in total. The van der Waals surface area contributed by atoms with E-state index >= 15 is 0 Å². The number of halogens is 1. The summed E-state index contributed by atoms with van der Waals surface area (Å²) in [5, 5.41) is 0.773. The number of hydrogen-bond donors (Lipinski definition) is 0. The number of anilines is 1. The maximum absolute atomic E-state index is 5.97. The van der Waals surface area contributed by atoms with E-state index < -0.39 is 0 Å². The highest BCUT2D eigenvalue weighted by Crippen LogP contribution is 2.31. The summed E-state index contributed by atoms with van der Waals surface area (Å²) >= 11 is 5.97. The first-order valence-corrected chi connectivity index (χ1v) is 9.05. The Morgan fingerprint density at radius 1 is 0.800 bits per heavy atom. The van der Waals surface area contributed by atoms with Gasteiger partial charge in [0.25, 0.3) is 0 Å². The number of rotatable bonds is 3. The van der Waals surface area contributed by atoms with E-state index in [1.807, 2.05) is 30.6 Å². The maximum atomic E-state index is 5.97. The Morgan fingerprint density at radius 3 is 1.96 bits per heavy atom. The van der Waals surface area contributed by atoms with Crippen LogP contribution >= 0.6 is 11.6 Å². The van der Waals surface area contributed by atoms with Gasteiger partial charge in [-0.2, -0.15) is 0 Å². The summed E-state index contributed by atoms with van der Waals surface area (Å²) in [4.78, 5) is 11.0. The molecule has 0 unspecified atom stereocenters. The largest absolute Gasteiger partial charge is 0.341 e. The summed E-state index contributed by atoms with van der Waals surface area (Å²) in [7, 11) is 0. The summed E-state index contributed by atoms with van der Waals surface area (Å²) in [6.45, 7) is 2.02.